The Labute approximate surface area is 107 Å². The zero-order valence-corrected chi connectivity index (χ0v) is 11.5. The number of aromatic nitrogens is 1. The molecule has 1 aromatic heterocycles. The average Bonchev–Trinajstić information content (AvgIpc) is 2.64. The minimum atomic E-state index is -0.00535. The first-order chi connectivity index (χ1) is 7.70. The third-order valence-corrected chi connectivity index (χ3v) is 4.13. The first-order valence-electron chi connectivity index (χ1n) is 5.32. The molecule has 1 saturated heterocycles. The Kier molecular flexibility index (Phi) is 3.94. The van der Waals surface area contributed by atoms with Crippen LogP contribution < -0.4 is 5.32 Å². The second kappa shape index (κ2) is 5.25. The van der Waals surface area contributed by atoms with Crippen LogP contribution in [-0.4, -0.2) is 34.9 Å². The van der Waals surface area contributed by atoms with E-state index in [2.05, 4.69) is 31.1 Å². The van der Waals surface area contributed by atoms with Crippen molar-refractivity contribution in [2.75, 3.05) is 13.1 Å². The molecule has 4 nitrogen and oxygen atoms in total. The Morgan fingerprint density at radius 3 is 3.19 bits per heavy atom. The van der Waals surface area contributed by atoms with Gasteiger partial charge in [0.25, 0.3) is 0 Å². The monoisotopic (exact) mass is 303 g/mol. The number of carbonyl (C=O) groups is 1. The highest BCUT2D eigenvalue weighted by atomic mass is 79.9. The smallest absolute Gasteiger partial charge is 0.237 e. The van der Waals surface area contributed by atoms with Crippen LogP contribution in [0.4, 0.5) is 0 Å². The second-order valence-corrected chi connectivity index (χ2v) is 5.91. The third kappa shape index (κ3) is 2.61. The molecule has 16 heavy (non-hydrogen) atoms. The molecule has 6 heteroatoms. The van der Waals surface area contributed by atoms with Crippen LogP contribution in [0.25, 0.3) is 0 Å². The predicted molar refractivity (Wildman–Crippen MR) is 67.3 cm³/mol. The van der Waals surface area contributed by atoms with Gasteiger partial charge in [0.05, 0.1) is 11.7 Å². The van der Waals surface area contributed by atoms with Gasteiger partial charge in [0.15, 0.2) is 3.92 Å². The van der Waals surface area contributed by atoms with Crippen LogP contribution in [0.2, 0.25) is 0 Å². The van der Waals surface area contributed by atoms with Gasteiger partial charge in [0, 0.05) is 25.0 Å². The summed E-state index contributed by atoms with van der Waals surface area (Å²) in [7, 11) is 0. The Bertz CT molecular complexity index is 382. The van der Waals surface area contributed by atoms with Gasteiger partial charge < -0.3 is 5.32 Å². The molecule has 88 valence electrons. The molecule has 1 fully saturated rings. The van der Waals surface area contributed by atoms with Gasteiger partial charge in [0.2, 0.25) is 5.91 Å². The number of thiazole rings is 1. The van der Waals surface area contributed by atoms with E-state index in [0.29, 0.717) is 0 Å². The average molecular weight is 304 g/mol. The maximum absolute atomic E-state index is 11.7. The van der Waals surface area contributed by atoms with E-state index in [1.165, 1.54) is 0 Å². The molecule has 2 rings (SSSR count). The van der Waals surface area contributed by atoms with Gasteiger partial charge in [-0.2, -0.15) is 0 Å². The molecule has 0 saturated carbocycles. The van der Waals surface area contributed by atoms with Gasteiger partial charge in [0.1, 0.15) is 0 Å². The molecule has 0 radical (unpaired) electrons. The van der Waals surface area contributed by atoms with Crippen LogP contribution in [0.1, 0.15) is 19.0 Å². The van der Waals surface area contributed by atoms with Gasteiger partial charge in [-0.1, -0.05) is 6.92 Å². The van der Waals surface area contributed by atoms with Gasteiger partial charge in [-0.3, -0.25) is 9.69 Å². The first kappa shape index (κ1) is 12.0. The molecule has 1 N–H and O–H groups in total. The van der Waals surface area contributed by atoms with E-state index in [4.69, 9.17) is 0 Å². The van der Waals surface area contributed by atoms with Crippen molar-refractivity contribution in [1.29, 1.82) is 0 Å². The number of carbonyl (C=O) groups excluding carboxylic acids is 1. The van der Waals surface area contributed by atoms with E-state index in [1.54, 1.807) is 11.3 Å². The molecule has 1 aromatic rings. The van der Waals surface area contributed by atoms with Crippen molar-refractivity contribution in [3.63, 3.8) is 0 Å². The lowest BCUT2D eigenvalue weighted by molar-refractivity contribution is -0.129. The molecule has 1 aliphatic rings. The van der Waals surface area contributed by atoms with Crippen LogP contribution in [0.5, 0.6) is 0 Å². The molecule has 1 atom stereocenters. The first-order valence-corrected chi connectivity index (χ1v) is 6.99. The lowest BCUT2D eigenvalue weighted by Crippen LogP contribution is -2.54. The number of nitrogens with one attached hydrogen (secondary N) is 1. The number of halogens is 1. The van der Waals surface area contributed by atoms with Gasteiger partial charge in [-0.15, -0.1) is 11.3 Å². The minimum Gasteiger partial charge on any atom is -0.353 e. The topological polar surface area (TPSA) is 45.2 Å². The zero-order valence-electron chi connectivity index (χ0n) is 9.07. The summed E-state index contributed by atoms with van der Waals surface area (Å²) in [5.74, 6) is 0.142. The number of hydrogen-bond donors (Lipinski definition) is 1. The van der Waals surface area contributed by atoms with Gasteiger partial charge in [-0.05, 0) is 22.4 Å². The predicted octanol–water partition coefficient (Wildman–Crippen LogP) is 1.62. The van der Waals surface area contributed by atoms with Crippen molar-refractivity contribution in [2.45, 2.75) is 25.9 Å². The summed E-state index contributed by atoms with van der Waals surface area (Å²) in [5, 5.41) is 4.93. The Hall–Kier alpha value is -0.460. The molecule has 0 spiro atoms. The van der Waals surface area contributed by atoms with Crippen LogP contribution in [0.3, 0.4) is 0 Å². The summed E-state index contributed by atoms with van der Waals surface area (Å²) in [6.45, 7) is 4.44. The molecule has 1 amide bonds. The highest BCUT2D eigenvalue weighted by Crippen LogP contribution is 2.19. The molecule has 2 heterocycles. The second-order valence-electron chi connectivity index (χ2n) is 3.78. The van der Waals surface area contributed by atoms with Gasteiger partial charge >= 0.3 is 0 Å². The molecular formula is C10H14BrN3OS. The highest BCUT2D eigenvalue weighted by molar-refractivity contribution is 9.11. The van der Waals surface area contributed by atoms with Crippen LogP contribution >= 0.6 is 27.3 Å². The maximum atomic E-state index is 11.7. The fourth-order valence-corrected chi connectivity index (χ4v) is 3.00. The SMILES string of the molecule is CCC1C(=O)NCCN1Cc1csc(Br)n1. The Morgan fingerprint density at radius 2 is 2.56 bits per heavy atom. The van der Waals surface area contributed by atoms with E-state index < -0.39 is 0 Å². The largest absolute Gasteiger partial charge is 0.353 e. The van der Waals surface area contributed by atoms with E-state index in [0.717, 1.165) is 35.7 Å². The quantitative estimate of drug-likeness (QED) is 0.923. The fourth-order valence-electron chi connectivity index (χ4n) is 1.96. The highest BCUT2D eigenvalue weighted by Gasteiger charge is 2.28. The summed E-state index contributed by atoms with van der Waals surface area (Å²) in [5.41, 5.74) is 1.03. The minimum absolute atomic E-state index is 0.00535. The summed E-state index contributed by atoms with van der Waals surface area (Å²) >= 11 is 4.93. The van der Waals surface area contributed by atoms with Crippen LogP contribution in [0.15, 0.2) is 9.30 Å². The van der Waals surface area contributed by atoms with Crippen molar-refractivity contribution < 1.29 is 4.79 Å². The lowest BCUT2D eigenvalue weighted by Gasteiger charge is -2.33. The Balaban J connectivity index is 2.04. The van der Waals surface area contributed by atoms with Gasteiger partial charge in [-0.25, -0.2) is 4.98 Å². The number of nitrogens with zero attached hydrogens (tertiary/aromatic N) is 2. The standard InChI is InChI=1S/C10H14BrN3OS/c1-2-8-9(15)12-3-4-14(8)5-7-6-16-10(11)13-7/h6,8H,2-5H2,1H3,(H,12,15). The lowest BCUT2D eigenvalue weighted by atomic mass is 10.1. The normalized spacial score (nSPS) is 22.1. The van der Waals surface area contributed by atoms with Crippen molar-refractivity contribution in [3.05, 3.63) is 15.0 Å². The molecule has 0 bridgehead atoms. The van der Waals surface area contributed by atoms with Crippen molar-refractivity contribution in [1.82, 2.24) is 15.2 Å². The van der Waals surface area contributed by atoms with Crippen molar-refractivity contribution >= 4 is 33.2 Å². The molecule has 0 aliphatic carbocycles. The number of amides is 1. The molecule has 0 aromatic carbocycles. The van der Waals surface area contributed by atoms with Crippen molar-refractivity contribution in [2.24, 2.45) is 0 Å². The van der Waals surface area contributed by atoms with Crippen LogP contribution in [-0.2, 0) is 11.3 Å². The number of rotatable bonds is 3. The molecule has 1 aliphatic heterocycles. The molecular weight excluding hydrogens is 290 g/mol. The Morgan fingerprint density at radius 1 is 1.75 bits per heavy atom. The zero-order chi connectivity index (χ0) is 11.5. The van der Waals surface area contributed by atoms with Crippen molar-refractivity contribution in [3.8, 4) is 0 Å². The third-order valence-electron chi connectivity index (χ3n) is 2.72. The van der Waals surface area contributed by atoms with E-state index in [9.17, 15) is 4.79 Å². The molecule has 1 unspecified atom stereocenters. The van der Waals surface area contributed by atoms with E-state index >= 15 is 0 Å². The van der Waals surface area contributed by atoms with E-state index in [1.807, 2.05) is 12.3 Å². The van der Waals surface area contributed by atoms with E-state index in [-0.39, 0.29) is 11.9 Å². The summed E-state index contributed by atoms with van der Waals surface area (Å²) < 4.78 is 0.900. The summed E-state index contributed by atoms with van der Waals surface area (Å²) in [6.07, 6.45) is 0.844. The number of hydrogen-bond acceptors (Lipinski definition) is 4. The summed E-state index contributed by atoms with van der Waals surface area (Å²) in [6, 6.07) is -0.00535. The maximum Gasteiger partial charge on any atom is 0.237 e. The summed E-state index contributed by atoms with van der Waals surface area (Å²) in [4.78, 5) is 18.2. The van der Waals surface area contributed by atoms with Crippen LogP contribution in [0, 0.1) is 0 Å². The fraction of sp³-hybridized carbons (Fsp3) is 0.600. The number of piperazine rings is 1.